The highest BCUT2D eigenvalue weighted by atomic mass is 16.5. The molecule has 3 rings (SSSR count). The van der Waals surface area contributed by atoms with Crippen molar-refractivity contribution in [2.24, 2.45) is 11.8 Å². The highest BCUT2D eigenvalue weighted by Gasteiger charge is 2.27. The molecule has 1 saturated carbocycles. The Balaban J connectivity index is 1.69. The number of fused-ring (bicyclic) bond motifs is 1. The summed E-state index contributed by atoms with van der Waals surface area (Å²) in [6.45, 7) is 4.77. The van der Waals surface area contributed by atoms with Gasteiger partial charge < -0.3 is 9.47 Å². The minimum atomic E-state index is 0.0571. The lowest BCUT2D eigenvalue weighted by atomic mass is 9.80. The number of rotatable bonds is 2. The number of carbonyl (C=O) groups is 1. The molecule has 0 N–H and O–H groups in total. The van der Waals surface area contributed by atoms with Gasteiger partial charge in [-0.05, 0) is 43.2 Å². The highest BCUT2D eigenvalue weighted by molar-refractivity contribution is 6.02. The summed E-state index contributed by atoms with van der Waals surface area (Å²) in [4.78, 5) is 11.5. The lowest BCUT2D eigenvalue weighted by molar-refractivity contribution is 0.0960. The van der Waals surface area contributed by atoms with Gasteiger partial charge in [0.2, 0.25) is 5.78 Å². The molecule has 102 valence electrons. The van der Waals surface area contributed by atoms with Gasteiger partial charge in [0.25, 0.3) is 0 Å². The van der Waals surface area contributed by atoms with Gasteiger partial charge in [0.1, 0.15) is 11.5 Å². The third-order valence-corrected chi connectivity index (χ3v) is 4.47. The summed E-state index contributed by atoms with van der Waals surface area (Å²) in [7, 11) is 0. The van der Waals surface area contributed by atoms with Gasteiger partial charge in [-0.25, -0.2) is 0 Å². The second-order valence-corrected chi connectivity index (χ2v) is 5.88. The van der Waals surface area contributed by atoms with E-state index in [1.807, 2.05) is 18.2 Å². The molecule has 0 spiro atoms. The van der Waals surface area contributed by atoms with Crippen molar-refractivity contribution in [1.82, 2.24) is 0 Å². The van der Waals surface area contributed by atoms with E-state index in [2.05, 4.69) is 13.8 Å². The van der Waals surface area contributed by atoms with Gasteiger partial charge in [-0.1, -0.05) is 13.8 Å². The Morgan fingerprint density at radius 3 is 2.84 bits per heavy atom. The van der Waals surface area contributed by atoms with Gasteiger partial charge >= 0.3 is 0 Å². The average molecular weight is 260 g/mol. The maximum atomic E-state index is 11.5. The molecule has 3 unspecified atom stereocenters. The number of Topliss-reactive ketones (excluding diaryl/α,β-unsaturated/α-hetero) is 1. The van der Waals surface area contributed by atoms with Crippen LogP contribution >= 0.6 is 0 Å². The zero-order valence-corrected chi connectivity index (χ0v) is 11.5. The Hall–Kier alpha value is -1.51. The van der Waals surface area contributed by atoms with Crippen LogP contribution in [0.3, 0.4) is 0 Å². The first-order valence-corrected chi connectivity index (χ1v) is 7.10. The number of benzene rings is 1. The first-order valence-electron chi connectivity index (χ1n) is 7.10. The smallest absolute Gasteiger partial charge is 0.203 e. The summed E-state index contributed by atoms with van der Waals surface area (Å²) < 4.78 is 11.4. The topological polar surface area (TPSA) is 35.5 Å². The SMILES string of the molecule is CC1CCC(Oc2ccc3c(c2)OCC3=O)CC1C. The van der Waals surface area contributed by atoms with Crippen LogP contribution in [0.4, 0.5) is 0 Å². The molecule has 19 heavy (non-hydrogen) atoms. The van der Waals surface area contributed by atoms with Crippen molar-refractivity contribution in [2.75, 3.05) is 6.61 Å². The largest absolute Gasteiger partial charge is 0.490 e. The van der Waals surface area contributed by atoms with E-state index in [1.165, 1.54) is 6.42 Å². The number of hydrogen-bond acceptors (Lipinski definition) is 3. The fraction of sp³-hybridized carbons (Fsp3) is 0.562. The maximum Gasteiger partial charge on any atom is 0.203 e. The van der Waals surface area contributed by atoms with E-state index < -0.39 is 0 Å². The summed E-state index contributed by atoms with van der Waals surface area (Å²) in [5.41, 5.74) is 0.679. The van der Waals surface area contributed by atoms with Gasteiger partial charge in [0, 0.05) is 6.07 Å². The Bertz CT molecular complexity index is 495. The van der Waals surface area contributed by atoms with E-state index in [4.69, 9.17) is 9.47 Å². The Morgan fingerprint density at radius 2 is 2.05 bits per heavy atom. The van der Waals surface area contributed by atoms with E-state index >= 15 is 0 Å². The molecule has 0 saturated heterocycles. The Morgan fingerprint density at radius 1 is 1.21 bits per heavy atom. The van der Waals surface area contributed by atoms with Crippen LogP contribution in [0.25, 0.3) is 0 Å². The predicted molar refractivity (Wildman–Crippen MR) is 72.9 cm³/mol. The minimum absolute atomic E-state index is 0.0571. The molecule has 3 nitrogen and oxygen atoms in total. The van der Waals surface area contributed by atoms with E-state index in [1.54, 1.807) is 0 Å². The molecular formula is C16H20O3. The van der Waals surface area contributed by atoms with E-state index in [9.17, 15) is 4.79 Å². The molecule has 2 aliphatic rings. The average Bonchev–Trinajstić information content (AvgIpc) is 2.75. The van der Waals surface area contributed by atoms with Crippen LogP contribution in [0.15, 0.2) is 18.2 Å². The molecule has 3 heteroatoms. The van der Waals surface area contributed by atoms with Gasteiger partial charge in [-0.3, -0.25) is 4.79 Å². The molecule has 0 aromatic heterocycles. The van der Waals surface area contributed by atoms with Crippen molar-refractivity contribution in [1.29, 1.82) is 0 Å². The highest BCUT2D eigenvalue weighted by Crippen LogP contribution is 2.34. The molecule has 0 amide bonds. The van der Waals surface area contributed by atoms with Crippen LogP contribution in [0.1, 0.15) is 43.5 Å². The summed E-state index contributed by atoms with van der Waals surface area (Å²) in [5, 5.41) is 0. The first kappa shape index (κ1) is 12.5. The van der Waals surface area contributed by atoms with Crippen molar-refractivity contribution in [3.63, 3.8) is 0 Å². The van der Waals surface area contributed by atoms with Crippen LogP contribution < -0.4 is 9.47 Å². The first-order chi connectivity index (χ1) is 9.13. The molecule has 1 aromatic carbocycles. The Kier molecular flexibility index (Phi) is 3.21. The van der Waals surface area contributed by atoms with Crippen molar-refractivity contribution in [3.05, 3.63) is 23.8 Å². The van der Waals surface area contributed by atoms with Crippen molar-refractivity contribution >= 4 is 5.78 Å². The number of ether oxygens (including phenoxy) is 2. The van der Waals surface area contributed by atoms with Gasteiger partial charge in [-0.15, -0.1) is 0 Å². The number of hydrogen-bond donors (Lipinski definition) is 0. The van der Waals surface area contributed by atoms with Gasteiger partial charge in [-0.2, -0.15) is 0 Å². The second-order valence-electron chi connectivity index (χ2n) is 5.88. The fourth-order valence-corrected chi connectivity index (χ4v) is 2.94. The molecule has 1 fully saturated rings. The van der Waals surface area contributed by atoms with E-state index in [0.29, 0.717) is 23.3 Å². The molecule has 1 aliphatic heterocycles. The molecule has 1 aliphatic carbocycles. The summed E-state index contributed by atoms with van der Waals surface area (Å²) in [6, 6.07) is 5.55. The molecular weight excluding hydrogens is 240 g/mol. The van der Waals surface area contributed by atoms with Crippen LogP contribution in [-0.2, 0) is 0 Å². The standard InChI is InChI=1S/C16H20O3/c1-10-3-4-12(7-11(10)2)19-13-5-6-14-15(17)9-18-16(14)8-13/h5-6,8,10-12H,3-4,7,9H2,1-2H3. The minimum Gasteiger partial charge on any atom is -0.490 e. The molecule has 1 aromatic rings. The van der Waals surface area contributed by atoms with Crippen LogP contribution in [-0.4, -0.2) is 18.5 Å². The zero-order chi connectivity index (χ0) is 13.4. The zero-order valence-electron chi connectivity index (χ0n) is 11.5. The van der Waals surface area contributed by atoms with Crippen molar-refractivity contribution < 1.29 is 14.3 Å². The van der Waals surface area contributed by atoms with Crippen molar-refractivity contribution in [3.8, 4) is 11.5 Å². The molecule has 0 radical (unpaired) electrons. The van der Waals surface area contributed by atoms with Crippen LogP contribution in [0.2, 0.25) is 0 Å². The van der Waals surface area contributed by atoms with Gasteiger partial charge in [0.15, 0.2) is 6.61 Å². The molecule has 0 bridgehead atoms. The quantitative estimate of drug-likeness (QED) is 0.816. The van der Waals surface area contributed by atoms with E-state index in [-0.39, 0.29) is 12.4 Å². The normalized spacial score (nSPS) is 29.8. The van der Waals surface area contributed by atoms with E-state index in [0.717, 1.165) is 24.5 Å². The number of ketones is 1. The fourth-order valence-electron chi connectivity index (χ4n) is 2.94. The van der Waals surface area contributed by atoms with Gasteiger partial charge in [0.05, 0.1) is 11.7 Å². The lowest BCUT2D eigenvalue weighted by Crippen LogP contribution is -2.28. The summed E-state index contributed by atoms with van der Waals surface area (Å²) in [5.74, 6) is 3.05. The third kappa shape index (κ3) is 2.46. The van der Waals surface area contributed by atoms with Crippen molar-refractivity contribution in [2.45, 2.75) is 39.2 Å². The maximum absolute atomic E-state index is 11.5. The van der Waals surface area contributed by atoms with Crippen LogP contribution in [0.5, 0.6) is 11.5 Å². The monoisotopic (exact) mass is 260 g/mol. The lowest BCUT2D eigenvalue weighted by Gasteiger charge is -2.32. The van der Waals surface area contributed by atoms with Crippen LogP contribution in [0, 0.1) is 11.8 Å². The third-order valence-electron chi connectivity index (χ3n) is 4.47. The molecule has 1 heterocycles. The Labute approximate surface area is 113 Å². The number of carbonyl (C=O) groups excluding carboxylic acids is 1. The molecule has 3 atom stereocenters. The predicted octanol–water partition coefficient (Wildman–Crippen LogP) is 3.47. The summed E-state index contributed by atoms with van der Waals surface area (Å²) in [6.07, 6.45) is 3.74. The summed E-state index contributed by atoms with van der Waals surface area (Å²) >= 11 is 0. The second kappa shape index (κ2) is 4.87.